The Kier molecular flexibility index (Phi) is 4.42. The van der Waals surface area contributed by atoms with Crippen molar-refractivity contribution >= 4 is 19.9 Å². The molecule has 2 aromatic carbocycles. The van der Waals surface area contributed by atoms with Gasteiger partial charge in [0.1, 0.15) is 11.6 Å². The van der Waals surface area contributed by atoms with E-state index >= 15 is 0 Å². The van der Waals surface area contributed by atoms with Crippen LogP contribution in [0.2, 0.25) is 0 Å². The molecule has 1 fully saturated rings. The maximum atomic E-state index is 13.2. The summed E-state index contributed by atoms with van der Waals surface area (Å²) < 4.78 is 77.2. The smallest absolute Gasteiger partial charge is 0.223 e. The summed E-state index contributed by atoms with van der Waals surface area (Å²) in [6, 6.07) is 7.73. The van der Waals surface area contributed by atoms with Crippen LogP contribution in [0.4, 0.5) is 8.78 Å². The number of benzene rings is 2. The third kappa shape index (κ3) is 3.19. The van der Waals surface area contributed by atoms with Crippen molar-refractivity contribution in [3.63, 3.8) is 0 Å². The Hall–Kier alpha value is -1.84. The lowest BCUT2D eigenvalue weighted by molar-refractivity contribution is 0.309. The molecule has 0 spiro atoms. The Bertz CT molecular complexity index is 1010. The zero-order chi connectivity index (χ0) is 18.4. The zero-order valence-electron chi connectivity index (χ0n) is 13.2. The molecule has 0 N–H and O–H groups in total. The van der Waals surface area contributed by atoms with E-state index in [0.29, 0.717) is 0 Å². The summed E-state index contributed by atoms with van der Waals surface area (Å²) in [7, 11) is -7.63. The van der Waals surface area contributed by atoms with Crippen LogP contribution in [0.15, 0.2) is 52.3 Å². The third-order valence-electron chi connectivity index (χ3n) is 4.15. The number of sulfone groups is 1. The lowest BCUT2D eigenvalue weighted by Gasteiger charge is -2.37. The summed E-state index contributed by atoms with van der Waals surface area (Å²) in [4.78, 5) is -0.0968. The van der Waals surface area contributed by atoms with Crippen LogP contribution in [0.3, 0.4) is 0 Å². The van der Waals surface area contributed by atoms with Gasteiger partial charge in [-0.05, 0) is 55.0 Å². The molecule has 134 valence electrons. The summed E-state index contributed by atoms with van der Waals surface area (Å²) >= 11 is 0. The fourth-order valence-electron chi connectivity index (χ4n) is 2.65. The van der Waals surface area contributed by atoms with Crippen LogP contribution in [0, 0.1) is 18.6 Å². The quantitative estimate of drug-likeness (QED) is 0.754. The average molecular weight is 387 g/mol. The molecule has 2 aromatic rings. The van der Waals surface area contributed by atoms with E-state index in [9.17, 15) is 25.6 Å². The maximum Gasteiger partial charge on any atom is 0.243 e. The van der Waals surface area contributed by atoms with Gasteiger partial charge in [-0.1, -0.05) is 0 Å². The van der Waals surface area contributed by atoms with Crippen LogP contribution in [-0.2, 0) is 19.9 Å². The molecular formula is C16H15F2NO4S2. The van der Waals surface area contributed by atoms with Crippen LogP contribution >= 0.6 is 0 Å². The first kappa shape index (κ1) is 18.0. The first-order chi connectivity index (χ1) is 11.6. The zero-order valence-corrected chi connectivity index (χ0v) is 14.8. The summed E-state index contributed by atoms with van der Waals surface area (Å²) in [5.41, 5.74) is 0.254. The molecule has 0 bridgehead atoms. The van der Waals surface area contributed by atoms with Gasteiger partial charge in [-0.25, -0.2) is 25.6 Å². The van der Waals surface area contributed by atoms with E-state index in [2.05, 4.69) is 0 Å². The number of aryl methyl sites for hydroxylation is 1. The Morgan fingerprint density at radius 3 is 2.04 bits per heavy atom. The summed E-state index contributed by atoms with van der Waals surface area (Å²) in [5, 5.41) is -0.895. The highest BCUT2D eigenvalue weighted by Crippen LogP contribution is 2.30. The highest BCUT2D eigenvalue weighted by molar-refractivity contribution is 7.92. The molecule has 1 saturated heterocycles. The molecular weight excluding hydrogens is 372 g/mol. The molecule has 1 aliphatic heterocycles. The van der Waals surface area contributed by atoms with Gasteiger partial charge in [0.15, 0.2) is 9.84 Å². The van der Waals surface area contributed by atoms with E-state index in [1.165, 1.54) is 13.0 Å². The van der Waals surface area contributed by atoms with E-state index in [4.69, 9.17) is 0 Å². The lowest BCUT2D eigenvalue weighted by atomic mass is 10.2. The van der Waals surface area contributed by atoms with Crippen molar-refractivity contribution in [2.24, 2.45) is 0 Å². The second-order valence-electron chi connectivity index (χ2n) is 5.85. The van der Waals surface area contributed by atoms with E-state index in [-0.39, 0.29) is 28.4 Å². The van der Waals surface area contributed by atoms with Gasteiger partial charge in [0.2, 0.25) is 10.0 Å². The standard InChI is InChI=1S/C16H15F2NO4S2/c1-11-8-13(18)4-7-16(11)25(22,23)19-9-15(10-19)24(20,21)14-5-2-12(17)3-6-14/h2-8,15H,9-10H2,1H3. The minimum absolute atomic E-state index is 0.0473. The minimum Gasteiger partial charge on any atom is -0.223 e. The number of sulfonamides is 1. The largest absolute Gasteiger partial charge is 0.243 e. The van der Waals surface area contributed by atoms with Crippen molar-refractivity contribution in [3.8, 4) is 0 Å². The molecule has 0 atom stereocenters. The van der Waals surface area contributed by atoms with E-state index < -0.39 is 36.7 Å². The van der Waals surface area contributed by atoms with Crippen molar-refractivity contribution in [1.29, 1.82) is 0 Å². The van der Waals surface area contributed by atoms with E-state index in [1.54, 1.807) is 0 Å². The molecule has 0 radical (unpaired) electrons. The fourth-order valence-corrected chi connectivity index (χ4v) is 6.23. The van der Waals surface area contributed by atoms with Crippen molar-refractivity contribution in [1.82, 2.24) is 4.31 Å². The summed E-state index contributed by atoms with van der Waals surface area (Å²) in [6.45, 7) is 1.08. The van der Waals surface area contributed by atoms with Crippen molar-refractivity contribution in [2.45, 2.75) is 22.0 Å². The molecule has 9 heteroatoms. The SMILES string of the molecule is Cc1cc(F)ccc1S(=O)(=O)N1CC(S(=O)(=O)c2ccc(F)cc2)C1. The summed E-state index contributed by atoms with van der Waals surface area (Å²) in [5.74, 6) is -1.10. The normalized spacial score (nSPS) is 16.6. The highest BCUT2D eigenvalue weighted by atomic mass is 32.2. The van der Waals surface area contributed by atoms with Gasteiger partial charge in [0.25, 0.3) is 0 Å². The molecule has 0 aliphatic carbocycles. The van der Waals surface area contributed by atoms with Crippen molar-refractivity contribution < 1.29 is 25.6 Å². The van der Waals surface area contributed by atoms with Crippen LogP contribution < -0.4 is 0 Å². The Morgan fingerprint density at radius 2 is 1.48 bits per heavy atom. The molecule has 0 aromatic heterocycles. The molecule has 5 nitrogen and oxygen atoms in total. The molecule has 1 aliphatic rings. The minimum atomic E-state index is -3.89. The van der Waals surface area contributed by atoms with Gasteiger partial charge in [-0.3, -0.25) is 0 Å². The van der Waals surface area contributed by atoms with Crippen LogP contribution in [0.1, 0.15) is 5.56 Å². The maximum absolute atomic E-state index is 13.2. The Morgan fingerprint density at radius 1 is 0.920 bits per heavy atom. The van der Waals surface area contributed by atoms with Gasteiger partial charge < -0.3 is 0 Å². The van der Waals surface area contributed by atoms with Crippen LogP contribution in [-0.4, -0.2) is 39.5 Å². The molecule has 0 saturated carbocycles. The molecule has 0 amide bonds. The van der Waals surface area contributed by atoms with Crippen molar-refractivity contribution in [3.05, 3.63) is 59.7 Å². The number of rotatable bonds is 4. The monoisotopic (exact) mass is 387 g/mol. The second kappa shape index (κ2) is 6.15. The topological polar surface area (TPSA) is 71.5 Å². The number of hydrogen-bond acceptors (Lipinski definition) is 4. The van der Waals surface area contributed by atoms with Gasteiger partial charge >= 0.3 is 0 Å². The third-order valence-corrected chi connectivity index (χ3v) is 8.25. The van der Waals surface area contributed by atoms with Gasteiger partial charge in [0, 0.05) is 13.1 Å². The number of halogens is 2. The number of nitrogens with zero attached hydrogens (tertiary/aromatic N) is 1. The molecule has 25 heavy (non-hydrogen) atoms. The summed E-state index contributed by atoms with van der Waals surface area (Å²) in [6.07, 6.45) is 0. The fraction of sp³-hybridized carbons (Fsp3) is 0.250. The Labute approximate surface area is 144 Å². The predicted molar refractivity (Wildman–Crippen MR) is 87.3 cm³/mol. The van der Waals surface area contributed by atoms with E-state index in [0.717, 1.165) is 40.7 Å². The predicted octanol–water partition coefficient (Wildman–Crippen LogP) is 2.12. The first-order valence-electron chi connectivity index (χ1n) is 7.38. The first-order valence-corrected chi connectivity index (χ1v) is 10.4. The van der Waals surface area contributed by atoms with E-state index in [1.807, 2.05) is 0 Å². The van der Waals surface area contributed by atoms with Crippen molar-refractivity contribution in [2.75, 3.05) is 13.1 Å². The molecule has 1 heterocycles. The average Bonchev–Trinajstić information content (AvgIpc) is 2.44. The highest BCUT2D eigenvalue weighted by Gasteiger charge is 2.44. The van der Waals surface area contributed by atoms with Gasteiger partial charge in [-0.15, -0.1) is 0 Å². The second-order valence-corrected chi connectivity index (χ2v) is 9.99. The molecule has 0 unspecified atom stereocenters. The Balaban J connectivity index is 1.80. The lowest BCUT2D eigenvalue weighted by Crippen LogP contribution is -2.56. The molecule has 3 rings (SSSR count). The van der Waals surface area contributed by atoms with Gasteiger partial charge in [-0.2, -0.15) is 4.31 Å². The van der Waals surface area contributed by atoms with Crippen LogP contribution in [0.25, 0.3) is 0 Å². The van der Waals surface area contributed by atoms with Crippen LogP contribution in [0.5, 0.6) is 0 Å². The van der Waals surface area contributed by atoms with Gasteiger partial charge in [0.05, 0.1) is 15.0 Å². The number of hydrogen-bond donors (Lipinski definition) is 0.